The Balaban J connectivity index is 2.23. The van der Waals surface area contributed by atoms with E-state index in [1.165, 1.54) is 0 Å². The Bertz CT molecular complexity index is 257. The Morgan fingerprint density at radius 2 is 2.07 bits per heavy atom. The number of aliphatic hydroxyl groups is 1. The van der Waals surface area contributed by atoms with Gasteiger partial charge in [0.2, 0.25) is 0 Å². The number of ketones is 1. The molecule has 2 rings (SSSR count). The average Bonchev–Trinajstić information content (AvgIpc) is 2.27. The van der Waals surface area contributed by atoms with Crippen molar-refractivity contribution in [3.63, 3.8) is 0 Å². The van der Waals surface area contributed by atoms with Crippen molar-refractivity contribution >= 4 is 5.78 Å². The summed E-state index contributed by atoms with van der Waals surface area (Å²) in [6, 6.07) is 0. The second-order valence-corrected chi connectivity index (χ2v) is 6.00. The minimum absolute atomic E-state index is 0.0567. The van der Waals surface area contributed by atoms with Gasteiger partial charge in [-0.1, -0.05) is 20.3 Å². The maximum atomic E-state index is 11.7. The third-order valence-electron chi connectivity index (χ3n) is 3.91. The van der Waals surface area contributed by atoms with Crippen LogP contribution in [-0.2, 0) is 4.79 Å². The topological polar surface area (TPSA) is 37.3 Å². The van der Waals surface area contributed by atoms with Crippen LogP contribution < -0.4 is 0 Å². The molecule has 2 aliphatic carbocycles. The van der Waals surface area contributed by atoms with Gasteiger partial charge in [0, 0.05) is 18.3 Å². The van der Waals surface area contributed by atoms with Crippen LogP contribution in [0.2, 0.25) is 0 Å². The molecule has 1 spiro atoms. The van der Waals surface area contributed by atoms with Gasteiger partial charge < -0.3 is 5.11 Å². The zero-order valence-electron chi connectivity index (χ0n) is 9.18. The largest absolute Gasteiger partial charge is 0.393 e. The summed E-state index contributed by atoms with van der Waals surface area (Å²) in [5.74, 6) is 0.349. The van der Waals surface area contributed by atoms with Gasteiger partial charge in [0.05, 0.1) is 6.10 Å². The van der Waals surface area contributed by atoms with Crippen molar-refractivity contribution < 1.29 is 9.90 Å². The van der Waals surface area contributed by atoms with E-state index in [1.54, 1.807) is 0 Å². The van der Waals surface area contributed by atoms with Crippen molar-refractivity contribution in [1.29, 1.82) is 0 Å². The van der Waals surface area contributed by atoms with Crippen molar-refractivity contribution in [2.75, 3.05) is 0 Å². The Morgan fingerprint density at radius 3 is 2.57 bits per heavy atom. The molecule has 0 aliphatic heterocycles. The monoisotopic (exact) mass is 196 g/mol. The fourth-order valence-electron chi connectivity index (χ4n) is 3.60. The Labute approximate surface area is 85.7 Å². The molecule has 2 aliphatic rings. The van der Waals surface area contributed by atoms with Crippen LogP contribution in [0.1, 0.15) is 52.4 Å². The van der Waals surface area contributed by atoms with Gasteiger partial charge in [0.25, 0.3) is 0 Å². The van der Waals surface area contributed by atoms with Crippen molar-refractivity contribution in [3.8, 4) is 0 Å². The van der Waals surface area contributed by atoms with Crippen LogP contribution >= 0.6 is 0 Å². The summed E-state index contributed by atoms with van der Waals surface area (Å²) in [5, 5.41) is 10.0. The van der Waals surface area contributed by atoms with E-state index in [1.807, 2.05) is 0 Å². The highest BCUT2D eigenvalue weighted by molar-refractivity contribution is 5.81. The summed E-state index contributed by atoms with van der Waals surface area (Å²) < 4.78 is 0. The molecule has 80 valence electrons. The van der Waals surface area contributed by atoms with E-state index >= 15 is 0 Å². The van der Waals surface area contributed by atoms with Gasteiger partial charge in [-0.05, 0) is 24.7 Å². The third-order valence-corrected chi connectivity index (χ3v) is 3.91. The molecule has 0 aromatic rings. The molecule has 0 bridgehead atoms. The van der Waals surface area contributed by atoms with Crippen LogP contribution in [0.25, 0.3) is 0 Å². The molecule has 0 radical (unpaired) electrons. The third kappa shape index (κ3) is 1.60. The van der Waals surface area contributed by atoms with E-state index in [2.05, 4.69) is 13.8 Å². The predicted octanol–water partition coefficient (Wildman–Crippen LogP) is 2.30. The molecule has 0 heterocycles. The first-order valence-electron chi connectivity index (χ1n) is 5.63. The summed E-state index contributed by atoms with van der Waals surface area (Å²) in [7, 11) is 0. The standard InChI is InChI=1S/C12H20O2/c1-11(2)6-9(13)7-12(8-11)5-3-4-10(12)14/h10,14H,3-8H2,1-2H3/t10-,12-/m1/s1. The average molecular weight is 196 g/mol. The fraction of sp³-hybridized carbons (Fsp3) is 0.917. The van der Waals surface area contributed by atoms with Gasteiger partial charge in [-0.2, -0.15) is 0 Å². The van der Waals surface area contributed by atoms with Gasteiger partial charge in [-0.3, -0.25) is 4.79 Å². The molecule has 0 aromatic carbocycles. The molecule has 2 nitrogen and oxygen atoms in total. The molecular formula is C12H20O2. The highest BCUT2D eigenvalue weighted by Crippen LogP contribution is 2.53. The van der Waals surface area contributed by atoms with Crippen molar-refractivity contribution in [1.82, 2.24) is 0 Å². The van der Waals surface area contributed by atoms with Crippen molar-refractivity contribution in [3.05, 3.63) is 0 Å². The first-order chi connectivity index (χ1) is 6.44. The van der Waals surface area contributed by atoms with Gasteiger partial charge in [-0.25, -0.2) is 0 Å². The van der Waals surface area contributed by atoms with Gasteiger partial charge in [-0.15, -0.1) is 0 Å². The number of carbonyl (C=O) groups excluding carboxylic acids is 1. The number of rotatable bonds is 0. The summed E-state index contributed by atoms with van der Waals surface area (Å²) in [6.07, 6.45) is 5.13. The van der Waals surface area contributed by atoms with Crippen molar-refractivity contribution in [2.24, 2.45) is 10.8 Å². The Hall–Kier alpha value is -0.370. The normalized spacial score (nSPS) is 41.9. The van der Waals surface area contributed by atoms with Crippen molar-refractivity contribution in [2.45, 2.75) is 58.5 Å². The van der Waals surface area contributed by atoms with E-state index in [-0.39, 0.29) is 16.9 Å². The van der Waals surface area contributed by atoms with Crippen LogP contribution in [0.5, 0.6) is 0 Å². The minimum Gasteiger partial charge on any atom is -0.393 e. The maximum absolute atomic E-state index is 11.7. The highest BCUT2D eigenvalue weighted by atomic mass is 16.3. The second-order valence-electron chi connectivity index (χ2n) is 6.00. The molecule has 0 amide bonds. The lowest BCUT2D eigenvalue weighted by Crippen LogP contribution is -2.42. The lowest BCUT2D eigenvalue weighted by Gasteiger charge is -2.43. The summed E-state index contributed by atoms with van der Waals surface area (Å²) in [5.41, 5.74) is 0.0412. The number of carbonyl (C=O) groups is 1. The number of hydrogen-bond donors (Lipinski definition) is 1. The van der Waals surface area contributed by atoms with E-state index in [4.69, 9.17) is 0 Å². The summed E-state index contributed by atoms with van der Waals surface area (Å²) in [4.78, 5) is 11.7. The quantitative estimate of drug-likeness (QED) is 0.645. The number of hydrogen-bond acceptors (Lipinski definition) is 2. The zero-order valence-corrected chi connectivity index (χ0v) is 9.18. The molecule has 2 saturated carbocycles. The molecule has 2 atom stereocenters. The summed E-state index contributed by atoms with van der Waals surface area (Å²) in [6.45, 7) is 4.30. The number of Topliss-reactive ketones (excluding diaryl/α,β-unsaturated/α-hetero) is 1. The van der Waals surface area contributed by atoms with Gasteiger partial charge in [0.1, 0.15) is 5.78 Å². The first-order valence-corrected chi connectivity index (χ1v) is 5.63. The van der Waals surface area contributed by atoms with Gasteiger partial charge >= 0.3 is 0 Å². The fourth-order valence-corrected chi connectivity index (χ4v) is 3.60. The number of aliphatic hydroxyl groups excluding tert-OH is 1. The molecule has 2 heteroatoms. The van der Waals surface area contributed by atoms with Crippen LogP contribution in [0.3, 0.4) is 0 Å². The van der Waals surface area contributed by atoms with Crippen LogP contribution in [-0.4, -0.2) is 17.0 Å². The lowest BCUT2D eigenvalue weighted by atomic mass is 9.61. The summed E-state index contributed by atoms with van der Waals surface area (Å²) >= 11 is 0. The van der Waals surface area contributed by atoms with Crippen LogP contribution in [0.4, 0.5) is 0 Å². The molecule has 2 fully saturated rings. The maximum Gasteiger partial charge on any atom is 0.134 e. The Morgan fingerprint density at radius 1 is 1.36 bits per heavy atom. The second kappa shape index (κ2) is 3.06. The minimum atomic E-state index is -0.231. The Kier molecular flexibility index (Phi) is 2.22. The predicted molar refractivity (Wildman–Crippen MR) is 54.9 cm³/mol. The van der Waals surface area contributed by atoms with E-state index in [0.29, 0.717) is 18.6 Å². The van der Waals surface area contributed by atoms with E-state index < -0.39 is 0 Å². The van der Waals surface area contributed by atoms with E-state index in [9.17, 15) is 9.90 Å². The molecule has 0 saturated heterocycles. The molecule has 1 N–H and O–H groups in total. The molecular weight excluding hydrogens is 176 g/mol. The molecule has 14 heavy (non-hydrogen) atoms. The van der Waals surface area contributed by atoms with E-state index in [0.717, 1.165) is 25.7 Å². The SMILES string of the molecule is CC1(C)CC(=O)C[C@]2(CCC[C@H]2O)C1. The van der Waals surface area contributed by atoms with Crippen LogP contribution in [0, 0.1) is 10.8 Å². The smallest absolute Gasteiger partial charge is 0.134 e. The highest BCUT2D eigenvalue weighted by Gasteiger charge is 2.49. The zero-order chi connectivity index (χ0) is 10.4. The lowest BCUT2D eigenvalue weighted by molar-refractivity contribution is -0.132. The van der Waals surface area contributed by atoms with Crippen LogP contribution in [0.15, 0.2) is 0 Å². The molecule has 0 unspecified atom stereocenters. The van der Waals surface area contributed by atoms with Gasteiger partial charge in [0.15, 0.2) is 0 Å². The molecule has 0 aromatic heterocycles. The first kappa shape index (κ1) is 10.2.